The summed E-state index contributed by atoms with van der Waals surface area (Å²) in [6.45, 7) is 6.60. The van der Waals surface area contributed by atoms with Gasteiger partial charge in [-0.2, -0.15) is 5.10 Å². The van der Waals surface area contributed by atoms with Gasteiger partial charge in [-0.1, -0.05) is 0 Å². The number of benzene rings is 1. The number of ether oxygens (including phenoxy) is 3. The molecule has 1 aromatic carbocycles. The van der Waals surface area contributed by atoms with Gasteiger partial charge in [-0.3, -0.25) is 4.68 Å². The van der Waals surface area contributed by atoms with Gasteiger partial charge in [-0.25, -0.2) is 14.8 Å². The van der Waals surface area contributed by atoms with Crippen LogP contribution in [0, 0.1) is 0 Å². The van der Waals surface area contributed by atoms with Gasteiger partial charge in [0.15, 0.2) is 11.4 Å². The molecule has 0 saturated heterocycles. The summed E-state index contributed by atoms with van der Waals surface area (Å²) in [6.07, 6.45) is 6.07. The van der Waals surface area contributed by atoms with Crippen molar-refractivity contribution in [1.29, 1.82) is 0 Å². The fourth-order valence-electron chi connectivity index (χ4n) is 2.18. The van der Waals surface area contributed by atoms with Gasteiger partial charge in [0.25, 0.3) is 0 Å². The molecule has 8 nitrogen and oxygen atoms in total. The summed E-state index contributed by atoms with van der Waals surface area (Å²) >= 11 is 0. The molecule has 8 heteroatoms. The van der Waals surface area contributed by atoms with E-state index in [1.54, 1.807) is 41.3 Å². The van der Waals surface area contributed by atoms with Gasteiger partial charge in [-0.15, -0.1) is 0 Å². The molecular weight excluding hydrogens is 348 g/mol. The van der Waals surface area contributed by atoms with Crippen molar-refractivity contribution in [2.24, 2.45) is 0 Å². The molecule has 2 aromatic heterocycles. The maximum absolute atomic E-state index is 12.2. The van der Waals surface area contributed by atoms with Crippen molar-refractivity contribution in [1.82, 2.24) is 19.7 Å². The zero-order valence-corrected chi connectivity index (χ0v) is 15.3. The lowest BCUT2D eigenvalue weighted by Gasteiger charge is -2.10. The lowest BCUT2D eigenvalue weighted by molar-refractivity contribution is 0.0727. The fraction of sp³-hybridized carbons (Fsp3) is 0.263. The monoisotopic (exact) mass is 368 g/mol. The first-order valence-corrected chi connectivity index (χ1v) is 8.54. The van der Waals surface area contributed by atoms with Crippen LogP contribution in [0.1, 0.15) is 31.3 Å². The van der Waals surface area contributed by atoms with E-state index in [4.69, 9.17) is 14.2 Å². The minimum atomic E-state index is -0.606. The molecular formula is C19H20N4O4. The predicted molar refractivity (Wildman–Crippen MR) is 97.2 cm³/mol. The summed E-state index contributed by atoms with van der Waals surface area (Å²) < 4.78 is 18.1. The Balaban J connectivity index is 1.60. The zero-order valence-electron chi connectivity index (χ0n) is 15.3. The minimum absolute atomic E-state index is 0.0747. The molecule has 3 rings (SSSR count). The fourth-order valence-corrected chi connectivity index (χ4v) is 2.18. The van der Waals surface area contributed by atoms with Gasteiger partial charge < -0.3 is 14.2 Å². The first kappa shape index (κ1) is 18.4. The molecule has 0 radical (unpaired) electrons. The third-order valence-electron chi connectivity index (χ3n) is 3.40. The Morgan fingerprint density at radius 1 is 1.04 bits per heavy atom. The number of carbonyl (C=O) groups is 1. The smallest absolute Gasteiger partial charge is 0.363 e. The van der Waals surface area contributed by atoms with E-state index in [2.05, 4.69) is 15.1 Å². The van der Waals surface area contributed by atoms with E-state index in [1.807, 2.05) is 20.8 Å². The molecule has 2 heterocycles. The molecule has 0 atom stereocenters. The molecule has 0 saturated carbocycles. The number of esters is 1. The lowest BCUT2D eigenvalue weighted by atomic mass is 10.3. The molecule has 0 fully saturated rings. The highest BCUT2D eigenvalue weighted by Gasteiger charge is 2.12. The Bertz CT molecular complexity index is 889. The van der Waals surface area contributed by atoms with Crippen molar-refractivity contribution in [3.05, 3.63) is 54.7 Å². The zero-order chi connectivity index (χ0) is 19.2. The molecule has 140 valence electrons. The van der Waals surface area contributed by atoms with Crippen molar-refractivity contribution in [2.75, 3.05) is 0 Å². The second-order valence-corrected chi connectivity index (χ2v) is 5.90. The predicted octanol–water partition coefficient (Wildman–Crippen LogP) is 3.49. The van der Waals surface area contributed by atoms with E-state index in [9.17, 15) is 4.79 Å². The van der Waals surface area contributed by atoms with Crippen LogP contribution in [0.3, 0.4) is 0 Å². The van der Waals surface area contributed by atoms with Gasteiger partial charge in [0.2, 0.25) is 5.88 Å². The topological polar surface area (TPSA) is 88.4 Å². The van der Waals surface area contributed by atoms with Gasteiger partial charge in [-0.05, 0) is 45.0 Å². The van der Waals surface area contributed by atoms with Crippen LogP contribution < -0.4 is 14.2 Å². The molecule has 0 amide bonds. The summed E-state index contributed by atoms with van der Waals surface area (Å²) in [7, 11) is 0. The summed E-state index contributed by atoms with van der Waals surface area (Å²) in [5.74, 6) is 1.30. The Kier molecular flexibility index (Phi) is 5.65. The van der Waals surface area contributed by atoms with Crippen LogP contribution >= 0.6 is 0 Å². The number of hydrogen-bond acceptors (Lipinski definition) is 7. The van der Waals surface area contributed by atoms with Crippen LogP contribution in [-0.2, 0) is 6.54 Å². The molecule has 0 bridgehead atoms. The van der Waals surface area contributed by atoms with E-state index in [0.717, 1.165) is 6.54 Å². The SMILES string of the molecule is CCn1cc(Oc2cnc(C(=O)Oc3ccc(OC(C)C)cc3)cn2)cn1. The van der Waals surface area contributed by atoms with E-state index < -0.39 is 5.97 Å². The first-order chi connectivity index (χ1) is 13.0. The molecule has 0 N–H and O–H groups in total. The first-order valence-electron chi connectivity index (χ1n) is 8.54. The average Bonchev–Trinajstić information content (AvgIpc) is 3.11. The molecule has 0 aliphatic carbocycles. The maximum atomic E-state index is 12.2. The van der Waals surface area contributed by atoms with Gasteiger partial charge in [0, 0.05) is 6.54 Å². The van der Waals surface area contributed by atoms with E-state index in [-0.39, 0.29) is 17.7 Å². The van der Waals surface area contributed by atoms with Gasteiger partial charge in [0.05, 0.1) is 30.9 Å². The minimum Gasteiger partial charge on any atom is -0.491 e. The Hall–Kier alpha value is -3.42. The van der Waals surface area contributed by atoms with Crippen molar-refractivity contribution in [3.63, 3.8) is 0 Å². The standard InChI is InChI=1S/C19H20N4O4/c1-4-23-12-16(9-22-23)26-18-11-20-17(10-21-18)19(24)27-15-7-5-14(6-8-15)25-13(2)3/h5-13H,4H2,1-3H3. The quantitative estimate of drug-likeness (QED) is 0.466. The summed E-state index contributed by atoms with van der Waals surface area (Å²) in [4.78, 5) is 20.3. The normalized spacial score (nSPS) is 10.7. The van der Waals surface area contributed by atoms with Crippen LogP contribution in [0.4, 0.5) is 0 Å². The highest BCUT2D eigenvalue weighted by Crippen LogP contribution is 2.20. The largest absolute Gasteiger partial charge is 0.491 e. The molecule has 0 unspecified atom stereocenters. The second-order valence-electron chi connectivity index (χ2n) is 5.90. The van der Waals surface area contributed by atoms with Gasteiger partial charge in [0.1, 0.15) is 11.5 Å². The van der Waals surface area contributed by atoms with E-state index in [1.165, 1.54) is 12.4 Å². The number of hydrogen-bond donors (Lipinski definition) is 0. The Labute approximate surface area is 156 Å². The van der Waals surface area contributed by atoms with Crippen LogP contribution in [0.15, 0.2) is 49.1 Å². The highest BCUT2D eigenvalue weighted by atomic mass is 16.5. The van der Waals surface area contributed by atoms with Crippen LogP contribution in [0.25, 0.3) is 0 Å². The third-order valence-corrected chi connectivity index (χ3v) is 3.40. The van der Waals surface area contributed by atoms with Gasteiger partial charge >= 0.3 is 5.97 Å². The van der Waals surface area contributed by atoms with Crippen molar-refractivity contribution >= 4 is 5.97 Å². The average molecular weight is 368 g/mol. The molecule has 0 aliphatic heterocycles. The van der Waals surface area contributed by atoms with Crippen molar-refractivity contribution in [2.45, 2.75) is 33.4 Å². The number of aromatic nitrogens is 4. The summed E-state index contributed by atoms with van der Waals surface area (Å²) in [5.41, 5.74) is 0.0779. The van der Waals surface area contributed by atoms with Crippen molar-refractivity contribution < 1.29 is 19.0 Å². The number of carbonyl (C=O) groups excluding carboxylic acids is 1. The third kappa shape index (κ3) is 5.04. The van der Waals surface area contributed by atoms with Crippen LogP contribution in [0.5, 0.6) is 23.1 Å². The van der Waals surface area contributed by atoms with E-state index >= 15 is 0 Å². The number of nitrogens with zero attached hydrogens (tertiary/aromatic N) is 4. The molecule has 27 heavy (non-hydrogen) atoms. The molecule has 0 aliphatic rings. The Morgan fingerprint density at radius 3 is 2.37 bits per heavy atom. The second kappa shape index (κ2) is 8.31. The molecule has 3 aromatic rings. The van der Waals surface area contributed by atoms with E-state index in [0.29, 0.717) is 17.2 Å². The number of rotatable bonds is 7. The number of aryl methyl sites for hydroxylation is 1. The Morgan fingerprint density at radius 2 is 1.78 bits per heavy atom. The van der Waals surface area contributed by atoms with Crippen LogP contribution in [0.2, 0.25) is 0 Å². The highest BCUT2D eigenvalue weighted by molar-refractivity contribution is 5.88. The molecule has 0 spiro atoms. The van der Waals surface area contributed by atoms with Crippen molar-refractivity contribution in [3.8, 4) is 23.1 Å². The maximum Gasteiger partial charge on any atom is 0.363 e. The van der Waals surface area contributed by atoms with Crippen LogP contribution in [-0.4, -0.2) is 31.8 Å². The summed E-state index contributed by atoms with van der Waals surface area (Å²) in [5, 5.41) is 4.11. The summed E-state index contributed by atoms with van der Waals surface area (Å²) in [6, 6.07) is 6.79. The lowest BCUT2D eigenvalue weighted by Crippen LogP contribution is -2.11.